The molecule has 0 saturated carbocycles. The molecule has 24 heavy (non-hydrogen) atoms. The van der Waals surface area contributed by atoms with Gasteiger partial charge in [-0.05, 0) is 50.3 Å². The molecule has 4 nitrogen and oxygen atoms in total. The van der Waals surface area contributed by atoms with Crippen molar-refractivity contribution >= 4 is 10.0 Å². The second-order valence-electron chi connectivity index (χ2n) is 6.31. The summed E-state index contributed by atoms with van der Waals surface area (Å²) in [6, 6.07) is 15.0. The maximum Gasteiger partial charge on any atom is 0.240 e. The van der Waals surface area contributed by atoms with Gasteiger partial charge in [0.15, 0.2) is 0 Å². The summed E-state index contributed by atoms with van der Waals surface area (Å²) >= 11 is 0. The molecule has 0 bridgehead atoms. The second kappa shape index (κ2) is 7.92. The number of benzene rings is 2. The minimum Gasteiger partial charge on any atom is -0.393 e. The lowest BCUT2D eigenvalue weighted by Crippen LogP contribution is -2.30. The van der Waals surface area contributed by atoms with E-state index in [-0.39, 0.29) is 12.5 Å². The van der Waals surface area contributed by atoms with Gasteiger partial charge >= 0.3 is 0 Å². The van der Waals surface area contributed by atoms with Gasteiger partial charge in [-0.3, -0.25) is 0 Å². The summed E-state index contributed by atoms with van der Waals surface area (Å²) in [6.45, 7) is 5.70. The van der Waals surface area contributed by atoms with E-state index in [2.05, 4.69) is 4.72 Å². The first-order chi connectivity index (χ1) is 11.3. The largest absolute Gasteiger partial charge is 0.393 e. The van der Waals surface area contributed by atoms with Gasteiger partial charge in [0.25, 0.3) is 0 Å². The molecule has 2 unspecified atom stereocenters. The summed E-state index contributed by atoms with van der Waals surface area (Å²) < 4.78 is 27.9. The lowest BCUT2D eigenvalue weighted by Gasteiger charge is -2.20. The molecule has 0 radical (unpaired) electrons. The average molecular weight is 347 g/mol. The average Bonchev–Trinajstić information content (AvgIpc) is 2.51. The summed E-state index contributed by atoms with van der Waals surface area (Å²) in [5, 5.41) is 9.73. The van der Waals surface area contributed by atoms with E-state index in [9.17, 15) is 13.5 Å². The van der Waals surface area contributed by atoms with Crippen molar-refractivity contribution < 1.29 is 13.5 Å². The van der Waals surface area contributed by atoms with Crippen molar-refractivity contribution in [3.8, 4) is 0 Å². The molecule has 2 aromatic rings. The van der Waals surface area contributed by atoms with Crippen LogP contribution < -0.4 is 4.72 Å². The number of hydrogen-bond acceptors (Lipinski definition) is 3. The Hall–Kier alpha value is -1.69. The Kier molecular flexibility index (Phi) is 6.15. The third-order valence-electron chi connectivity index (χ3n) is 4.04. The fourth-order valence-electron chi connectivity index (χ4n) is 2.86. The van der Waals surface area contributed by atoms with Gasteiger partial charge in [0.1, 0.15) is 0 Å². The third kappa shape index (κ3) is 4.90. The van der Waals surface area contributed by atoms with E-state index in [0.29, 0.717) is 11.3 Å². The highest BCUT2D eigenvalue weighted by Gasteiger charge is 2.20. The Morgan fingerprint density at radius 1 is 1.08 bits per heavy atom. The van der Waals surface area contributed by atoms with E-state index >= 15 is 0 Å². The van der Waals surface area contributed by atoms with Crippen molar-refractivity contribution in [3.63, 3.8) is 0 Å². The summed E-state index contributed by atoms with van der Waals surface area (Å²) in [5.74, 6) is -0.0771. The highest BCUT2D eigenvalue weighted by Crippen LogP contribution is 2.22. The van der Waals surface area contributed by atoms with Crippen LogP contribution in [0.25, 0.3) is 0 Å². The van der Waals surface area contributed by atoms with E-state index < -0.39 is 16.1 Å². The van der Waals surface area contributed by atoms with E-state index in [1.165, 1.54) is 0 Å². The van der Waals surface area contributed by atoms with Gasteiger partial charge in [0.2, 0.25) is 10.0 Å². The Morgan fingerprint density at radius 3 is 2.33 bits per heavy atom. The van der Waals surface area contributed by atoms with Crippen LogP contribution in [-0.2, 0) is 10.0 Å². The van der Waals surface area contributed by atoms with Crippen LogP contribution in [0.5, 0.6) is 0 Å². The van der Waals surface area contributed by atoms with E-state index in [4.69, 9.17) is 0 Å². The van der Waals surface area contributed by atoms with Crippen LogP contribution in [0.15, 0.2) is 53.4 Å². The predicted molar refractivity (Wildman–Crippen MR) is 96.6 cm³/mol. The van der Waals surface area contributed by atoms with E-state index in [1.54, 1.807) is 26.0 Å². The van der Waals surface area contributed by atoms with Gasteiger partial charge in [-0.25, -0.2) is 13.1 Å². The molecule has 0 fully saturated rings. The quantitative estimate of drug-likeness (QED) is 0.809. The molecule has 0 aliphatic carbocycles. The molecule has 0 amide bonds. The highest BCUT2D eigenvalue weighted by molar-refractivity contribution is 7.89. The van der Waals surface area contributed by atoms with Crippen LogP contribution in [0, 0.1) is 13.8 Å². The Balaban J connectivity index is 2.18. The van der Waals surface area contributed by atoms with Crippen LogP contribution in [0.1, 0.15) is 36.0 Å². The normalized spacial score (nSPS) is 14.3. The molecule has 0 saturated heterocycles. The molecular weight excluding hydrogens is 322 g/mol. The molecule has 5 heteroatoms. The molecule has 130 valence electrons. The lowest BCUT2D eigenvalue weighted by atomic mass is 9.94. The first-order valence-corrected chi connectivity index (χ1v) is 9.58. The number of rotatable bonds is 7. The second-order valence-corrected chi connectivity index (χ2v) is 8.05. The number of aryl methyl sites for hydroxylation is 2. The molecule has 2 atom stereocenters. The Morgan fingerprint density at radius 2 is 1.75 bits per heavy atom. The summed E-state index contributed by atoms with van der Waals surface area (Å²) in [6.07, 6.45) is 0.000178. The van der Waals surface area contributed by atoms with Crippen molar-refractivity contribution in [1.29, 1.82) is 0 Å². The molecule has 0 heterocycles. The lowest BCUT2D eigenvalue weighted by molar-refractivity contribution is 0.174. The minimum atomic E-state index is -3.58. The molecule has 2 rings (SSSR count). The molecule has 0 aliphatic heterocycles. The van der Waals surface area contributed by atoms with Crippen molar-refractivity contribution in [2.75, 3.05) is 6.54 Å². The van der Waals surface area contributed by atoms with Gasteiger partial charge in [-0.15, -0.1) is 0 Å². The maximum atomic E-state index is 12.6. The van der Waals surface area contributed by atoms with Crippen LogP contribution in [0.4, 0.5) is 0 Å². The Bertz CT molecular complexity index is 770. The number of aliphatic hydroxyl groups excluding tert-OH is 1. The zero-order chi connectivity index (χ0) is 17.7. The predicted octanol–water partition coefficient (Wildman–Crippen LogP) is 3.14. The fraction of sp³-hybridized carbons (Fsp3) is 0.368. The number of aliphatic hydroxyl groups is 1. The smallest absolute Gasteiger partial charge is 0.240 e. The molecule has 0 aliphatic rings. The van der Waals surface area contributed by atoms with Gasteiger partial charge < -0.3 is 5.11 Å². The van der Waals surface area contributed by atoms with Crippen molar-refractivity contribution in [2.45, 2.75) is 44.1 Å². The number of nitrogens with one attached hydrogen (secondary N) is 1. The van der Waals surface area contributed by atoms with Gasteiger partial charge in [-0.2, -0.15) is 0 Å². The van der Waals surface area contributed by atoms with Gasteiger partial charge in [0.05, 0.1) is 11.0 Å². The topological polar surface area (TPSA) is 66.4 Å². The minimum absolute atomic E-state index is 0.0771. The molecule has 0 spiro atoms. The monoisotopic (exact) mass is 347 g/mol. The van der Waals surface area contributed by atoms with Gasteiger partial charge in [-0.1, -0.05) is 48.0 Å². The summed E-state index contributed by atoms with van der Waals surface area (Å²) in [7, 11) is -3.58. The first kappa shape index (κ1) is 18.6. The number of sulfonamides is 1. The van der Waals surface area contributed by atoms with Crippen LogP contribution >= 0.6 is 0 Å². The fourth-order valence-corrected chi connectivity index (χ4v) is 4.17. The van der Waals surface area contributed by atoms with Crippen LogP contribution in [0.3, 0.4) is 0 Å². The van der Waals surface area contributed by atoms with Crippen molar-refractivity contribution in [2.24, 2.45) is 0 Å². The SMILES string of the molecule is Cc1ccc(S(=O)(=O)NCC(CC(C)O)c2ccccc2)c(C)c1. The molecule has 2 N–H and O–H groups in total. The summed E-state index contributed by atoms with van der Waals surface area (Å²) in [5.41, 5.74) is 2.78. The molecular formula is C19H25NO3S. The van der Waals surface area contributed by atoms with Gasteiger partial charge in [0, 0.05) is 6.54 Å². The van der Waals surface area contributed by atoms with E-state index in [1.807, 2.05) is 43.3 Å². The highest BCUT2D eigenvalue weighted by atomic mass is 32.2. The third-order valence-corrected chi connectivity index (χ3v) is 5.62. The van der Waals surface area contributed by atoms with Crippen molar-refractivity contribution in [3.05, 3.63) is 65.2 Å². The van der Waals surface area contributed by atoms with Crippen LogP contribution in [0.2, 0.25) is 0 Å². The van der Waals surface area contributed by atoms with E-state index in [0.717, 1.165) is 16.7 Å². The molecule has 0 aromatic heterocycles. The summed E-state index contributed by atoms with van der Waals surface area (Å²) in [4.78, 5) is 0.303. The standard InChI is InChI=1S/C19H25NO3S/c1-14-9-10-19(15(2)11-14)24(22,23)20-13-18(12-16(3)21)17-7-5-4-6-8-17/h4-11,16,18,20-21H,12-13H2,1-3H3. The van der Waals surface area contributed by atoms with Crippen molar-refractivity contribution in [1.82, 2.24) is 4.72 Å². The van der Waals surface area contributed by atoms with Crippen LogP contribution in [-0.4, -0.2) is 26.2 Å². The maximum absolute atomic E-state index is 12.6. The first-order valence-electron chi connectivity index (χ1n) is 8.09. The molecule has 2 aromatic carbocycles. The zero-order valence-electron chi connectivity index (χ0n) is 14.4. The number of hydrogen-bond donors (Lipinski definition) is 2. The Labute approximate surface area is 144 Å². The zero-order valence-corrected chi connectivity index (χ0v) is 15.2.